The normalized spacial score (nSPS) is 18.3. The molecule has 0 saturated carbocycles. The third-order valence-electron chi connectivity index (χ3n) is 3.56. The minimum Gasteiger partial charge on any atom is -0.369 e. The number of nitrogens with zero attached hydrogens (tertiary/aromatic N) is 3. The summed E-state index contributed by atoms with van der Waals surface area (Å²) in [4.78, 5) is 3.79. The average Bonchev–Trinajstić information content (AvgIpc) is 2.45. The lowest BCUT2D eigenvalue weighted by Gasteiger charge is -2.37. The second kappa shape index (κ2) is 6.54. The number of benzene rings is 1. The number of hydrogen-bond acceptors (Lipinski definition) is 3. The Morgan fingerprint density at radius 3 is 2.19 bits per heavy atom. The fourth-order valence-corrected chi connectivity index (χ4v) is 2.44. The second-order valence-electron chi connectivity index (χ2n) is 4.99. The second-order valence-corrected chi connectivity index (χ2v) is 5.42. The van der Waals surface area contributed by atoms with Gasteiger partial charge < -0.3 is 4.90 Å². The number of nitriles is 1. The molecule has 0 N–H and O–H groups in total. The molecule has 0 spiro atoms. The van der Waals surface area contributed by atoms with Crippen LogP contribution in [0.25, 0.3) is 0 Å². The predicted molar refractivity (Wildman–Crippen MR) is 75.3 cm³/mol. The van der Waals surface area contributed by atoms with Gasteiger partial charge in [0.05, 0.1) is 6.07 Å². The summed E-state index contributed by atoms with van der Waals surface area (Å²) in [5, 5.41) is 9.28. The summed E-state index contributed by atoms with van der Waals surface area (Å²) in [6.45, 7) is 2.04. The molecular formula is C14H15ClF3N3. The highest BCUT2D eigenvalue weighted by molar-refractivity contribution is 6.30. The molecule has 114 valence electrons. The summed E-state index contributed by atoms with van der Waals surface area (Å²) in [5.74, 6) is -1.92. The Kier molecular flexibility index (Phi) is 4.96. The topological polar surface area (TPSA) is 30.3 Å². The summed E-state index contributed by atoms with van der Waals surface area (Å²) >= 11 is 5.83. The molecule has 0 amide bonds. The zero-order valence-corrected chi connectivity index (χ0v) is 12.0. The van der Waals surface area contributed by atoms with Crippen molar-refractivity contribution in [3.8, 4) is 6.07 Å². The van der Waals surface area contributed by atoms with Crippen molar-refractivity contribution in [1.82, 2.24) is 4.90 Å². The fourth-order valence-electron chi connectivity index (χ4n) is 2.32. The van der Waals surface area contributed by atoms with E-state index in [4.69, 9.17) is 16.9 Å². The minimum atomic E-state index is -4.46. The summed E-state index contributed by atoms with van der Waals surface area (Å²) in [7, 11) is 0. The van der Waals surface area contributed by atoms with Gasteiger partial charge in [-0.25, -0.2) is 0 Å². The van der Waals surface area contributed by atoms with Crippen molar-refractivity contribution >= 4 is 17.3 Å². The highest BCUT2D eigenvalue weighted by Gasteiger charge is 2.41. The number of rotatable bonds is 3. The zero-order valence-electron chi connectivity index (χ0n) is 11.3. The first-order valence-corrected chi connectivity index (χ1v) is 6.97. The minimum absolute atomic E-state index is 0.255. The monoisotopic (exact) mass is 317 g/mol. The van der Waals surface area contributed by atoms with Gasteiger partial charge in [-0.2, -0.15) is 18.4 Å². The van der Waals surface area contributed by atoms with Crippen LogP contribution < -0.4 is 4.90 Å². The van der Waals surface area contributed by atoms with E-state index in [1.54, 1.807) is 17.0 Å². The SMILES string of the molecule is N#CC(CN1CCN(c2ccc(Cl)cc2)CC1)C(F)(F)F. The van der Waals surface area contributed by atoms with E-state index in [0.29, 0.717) is 31.2 Å². The van der Waals surface area contributed by atoms with Crippen molar-refractivity contribution in [3.63, 3.8) is 0 Å². The molecule has 1 heterocycles. The number of alkyl halides is 3. The van der Waals surface area contributed by atoms with Gasteiger partial charge >= 0.3 is 6.18 Å². The molecule has 0 aromatic heterocycles. The molecule has 1 fully saturated rings. The van der Waals surface area contributed by atoms with Crippen LogP contribution in [0.1, 0.15) is 0 Å². The predicted octanol–water partition coefficient (Wildman–Crippen LogP) is 3.16. The summed E-state index contributed by atoms with van der Waals surface area (Å²) in [5.41, 5.74) is 1.01. The maximum atomic E-state index is 12.6. The van der Waals surface area contributed by atoms with Crippen molar-refractivity contribution < 1.29 is 13.2 Å². The Hall–Kier alpha value is -1.45. The van der Waals surface area contributed by atoms with E-state index >= 15 is 0 Å². The van der Waals surface area contributed by atoms with Gasteiger partial charge in [-0.15, -0.1) is 0 Å². The average molecular weight is 318 g/mol. The van der Waals surface area contributed by atoms with Crippen molar-refractivity contribution in [1.29, 1.82) is 5.26 Å². The van der Waals surface area contributed by atoms with Crippen molar-refractivity contribution in [3.05, 3.63) is 29.3 Å². The molecule has 7 heteroatoms. The van der Waals surface area contributed by atoms with Gasteiger partial charge in [-0.1, -0.05) is 11.6 Å². The lowest BCUT2D eigenvalue weighted by molar-refractivity contribution is -0.163. The molecule has 2 rings (SSSR count). The molecule has 3 nitrogen and oxygen atoms in total. The lowest BCUT2D eigenvalue weighted by Crippen LogP contribution is -2.49. The molecule has 1 aliphatic heterocycles. The van der Waals surface area contributed by atoms with Crippen LogP contribution in [0.4, 0.5) is 18.9 Å². The van der Waals surface area contributed by atoms with E-state index in [9.17, 15) is 13.2 Å². The van der Waals surface area contributed by atoms with Gasteiger partial charge in [0, 0.05) is 43.4 Å². The smallest absolute Gasteiger partial charge is 0.369 e. The molecule has 1 unspecified atom stereocenters. The van der Waals surface area contributed by atoms with Gasteiger partial charge in [0.25, 0.3) is 0 Å². The summed E-state index contributed by atoms with van der Waals surface area (Å²) < 4.78 is 37.7. The lowest BCUT2D eigenvalue weighted by atomic mass is 10.1. The van der Waals surface area contributed by atoms with Crippen LogP contribution in [-0.2, 0) is 0 Å². The van der Waals surface area contributed by atoms with Crippen LogP contribution in [0.5, 0.6) is 0 Å². The third-order valence-corrected chi connectivity index (χ3v) is 3.81. The Labute approximate surface area is 126 Å². The molecule has 0 radical (unpaired) electrons. The number of anilines is 1. The van der Waals surface area contributed by atoms with E-state index in [2.05, 4.69) is 4.90 Å². The molecular weight excluding hydrogens is 303 g/mol. The zero-order chi connectivity index (χ0) is 15.5. The molecule has 1 saturated heterocycles. The van der Waals surface area contributed by atoms with Crippen molar-refractivity contribution in [2.24, 2.45) is 5.92 Å². The van der Waals surface area contributed by atoms with Crippen molar-refractivity contribution in [2.45, 2.75) is 6.18 Å². The summed E-state index contributed by atoms with van der Waals surface area (Å²) in [6.07, 6.45) is -4.46. The molecule has 21 heavy (non-hydrogen) atoms. The first-order chi connectivity index (χ1) is 9.90. The third kappa shape index (κ3) is 4.26. The highest BCUT2D eigenvalue weighted by Crippen LogP contribution is 2.27. The van der Waals surface area contributed by atoms with Gasteiger partial charge in [0.2, 0.25) is 0 Å². The Morgan fingerprint density at radius 1 is 1.14 bits per heavy atom. The molecule has 1 aliphatic rings. The van der Waals surface area contributed by atoms with Crippen molar-refractivity contribution in [2.75, 3.05) is 37.6 Å². The number of hydrogen-bond donors (Lipinski definition) is 0. The van der Waals surface area contributed by atoms with Crippen LogP contribution in [0.2, 0.25) is 5.02 Å². The van der Waals surface area contributed by atoms with E-state index in [1.165, 1.54) is 6.07 Å². The quantitative estimate of drug-likeness (QED) is 0.858. The van der Waals surface area contributed by atoms with Gasteiger partial charge in [0.1, 0.15) is 0 Å². The first-order valence-electron chi connectivity index (χ1n) is 6.59. The Bertz CT molecular complexity index is 502. The van der Waals surface area contributed by atoms with Gasteiger partial charge in [0.15, 0.2) is 5.92 Å². The van der Waals surface area contributed by atoms with Crippen LogP contribution in [0.3, 0.4) is 0 Å². The van der Waals surface area contributed by atoms with E-state index in [-0.39, 0.29) is 6.54 Å². The molecule has 1 aromatic rings. The Balaban J connectivity index is 1.89. The molecule has 0 bridgehead atoms. The van der Waals surface area contributed by atoms with E-state index in [0.717, 1.165) is 5.69 Å². The van der Waals surface area contributed by atoms with Crippen LogP contribution in [0.15, 0.2) is 24.3 Å². The maximum absolute atomic E-state index is 12.6. The van der Waals surface area contributed by atoms with Gasteiger partial charge in [-0.3, -0.25) is 4.90 Å². The number of piperazine rings is 1. The standard InChI is InChI=1S/C14H15ClF3N3/c15-12-1-3-13(4-2-12)21-7-5-20(6-8-21)10-11(9-19)14(16,17)18/h1-4,11H,5-8,10H2. The molecule has 1 atom stereocenters. The van der Waals surface area contributed by atoms with Gasteiger partial charge in [-0.05, 0) is 24.3 Å². The first kappa shape index (κ1) is 15.9. The maximum Gasteiger partial charge on any atom is 0.405 e. The highest BCUT2D eigenvalue weighted by atomic mass is 35.5. The molecule has 1 aromatic carbocycles. The van der Waals surface area contributed by atoms with E-state index in [1.807, 2.05) is 12.1 Å². The largest absolute Gasteiger partial charge is 0.405 e. The number of halogens is 4. The van der Waals surface area contributed by atoms with Crippen LogP contribution in [-0.4, -0.2) is 43.8 Å². The molecule has 0 aliphatic carbocycles. The van der Waals surface area contributed by atoms with E-state index < -0.39 is 12.1 Å². The van der Waals surface area contributed by atoms with Crippen LogP contribution >= 0.6 is 11.6 Å². The van der Waals surface area contributed by atoms with Crippen LogP contribution in [0, 0.1) is 17.2 Å². The Morgan fingerprint density at radius 2 is 1.71 bits per heavy atom. The fraction of sp³-hybridized carbons (Fsp3) is 0.500. The summed E-state index contributed by atoms with van der Waals surface area (Å²) in [6, 6.07) is 8.71.